The zero-order valence-corrected chi connectivity index (χ0v) is 10.2. The molecule has 1 aliphatic carbocycles. The molecule has 0 radical (unpaired) electrons. The quantitative estimate of drug-likeness (QED) is 0.674. The standard InChI is InChI=1S/C12H26N2/c1-5-10(2)13-8-9-14(4)11(3)12-6-7-12/h10-13H,5-9H2,1-4H3. The third kappa shape index (κ3) is 3.97. The van der Waals surface area contributed by atoms with Crippen molar-refractivity contribution in [3.8, 4) is 0 Å². The largest absolute Gasteiger partial charge is 0.313 e. The van der Waals surface area contributed by atoms with E-state index in [9.17, 15) is 0 Å². The Hall–Kier alpha value is -0.0800. The first-order chi connectivity index (χ1) is 6.65. The first-order valence-electron chi connectivity index (χ1n) is 6.08. The van der Waals surface area contributed by atoms with Crippen LogP contribution in [0.4, 0.5) is 0 Å². The summed E-state index contributed by atoms with van der Waals surface area (Å²) in [4.78, 5) is 2.49. The van der Waals surface area contributed by atoms with Crippen LogP contribution in [0.1, 0.15) is 40.0 Å². The SMILES string of the molecule is CCC(C)NCCN(C)C(C)C1CC1. The minimum Gasteiger partial charge on any atom is -0.313 e. The highest BCUT2D eigenvalue weighted by molar-refractivity contribution is 4.84. The van der Waals surface area contributed by atoms with Gasteiger partial charge in [-0.1, -0.05) is 6.92 Å². The Morgan fingerprint density at radius 2 is 2.00 bits per heavy atom. The molecule has 1 N–H and O–H groups in total. The first-order valence-corrected chi connectivity index (χ1v) is 6.08. The van der Waals surface area contributed by atoms with Crippen molar-refractivity contribution in [3.63, 3.8) is 0 Å². The van der Waals surface area contributed by atoms with E-state index in [2.05, 4.69) is 38.0 Å². The van der Waals surface area contributed by atoms with E-state index in [0.29, 0.717) is 6.04 Å². The highest BCUT2D eigenvalue weighted by Gasteiger charge is 2.29. The molecule has 1 saturated carbocycles. The van der Waals surface area contributed by atoms with Crippen LogP contribution in [0.15, 0.2) is 0 Å². The van der Waals surface area contributed by atoms with Gasteiger partial charge < -0.3 is 10.2 Å². The number of nitrogens with one attached hydrogen (secondary N) is 1. The lowest BCUT2D eigenvalue weighted by molar-refractivity contribution is 0.232. The maximum absolute atomic E-state index is 3.54. The molecule has 84 valence electrons. The molecule has 1 fully saturated rings. The van der Waals surface area contributed by atoms with Crippen LogP contribution in [-0.4, -0.2) is 37.1 Å². The van der Waals surface area contributed by atoms with Gasteiger partial charge in [0.2, 0.25) is 0 Å². The summed E-state index contributed by atoms with van der Waals surface area (Å²) >= 11 is 0. The third-order valence-corrected chi connectivity index (χ3v) is 3.57. The van der Waals surface area contributed by atoms with Gasteiger partial charge in [0.15, 0.2) is 0 Å². The highest BCUT2D eigenvalue weighted by Crippen LogP contribution is 2.34. The van der Waals surface area contributed by atoms with Gasteiger partial charge >= 0.3 is 0 Å². The Kier molecular flexibility index (Phi) is 4.90. The van der Waals surface area contributed by atoms with Crippen LogP contribution in [0.25, 0.3) is 0 Å². The maximum atomic E-state index is 3.54. The van der Waals surface area contributed by atoms with E-state index in [-0.39, 0.29) is 0 Å². The smallest absolute Gasteiger partial charge is 0.0107 e. The molecule has 0 bridgehead atoms. The molecule has 0 aromatic heterocycles. The van der Waals surface area contributed by atoms with Gasteiger partial charge in [-0.05, 0) is 46.1 Å². The topological polar surface area (TPSA) is 15.3 Å². The summed E-state index contributed by atoms with van der Waals surface area (Å²) in [6.07, 6.45) is 4.12. The van der Waals surface area contributed by atoms with E-state index >= 15 is 0 Å². The van der Waals surface area contributed by atoms with Crippen molar-refractivity contribution >= 4 is 0 Å². The third-order valence-electron chi connectivity index (χ3n) is 3.57. The highest BCUT2D eigenvalue weighted by atomic mass is 15.1. The molecular formula is C12H26N2. The minimum absolute atomic E-state index is 0.666. The van der Waals surface area contributed by atoms with E-state index in [0.717, 1.165) is 18.5 Å². The number of rotatable bonds is 7. The molecule has 14 heavy (non-hydrogen) atoms. The number of hydrogen-bond acceptors (Lipinski definition) is 2. The number of nitrogens with zero attached hydrogens (tertiary/aromatic N) is 1. The molecule has 2 atom stereocenters. The fourth-order valence-electron chi connectivity index (χ4n) is 1.77. The van der Waals surface area contributed by atoms with Crippen molar-refractivity contribution in [2.75, 3.05) is 20.1 Å². The molecule has 2 heteroatoms. The average molecular weight is 198 g/mol. The van der Waals surface area contributed by atoms with Crippen LogP contribution in [0.3, 0.4) is 0 Å². The summed E-state index contributed by atoms with van der Waals surface area (Å²) in [5.41, 5.74) is 0. The molecular weight excluding hydrogens is 172 g/mol. The molecule has 0 spiro atoms. The normalized spacial score (nSPS) is 21.2. The number of likely N-dealkylation sites (N-methyl/N-ethyl adjacent to an activating group) is 1. The van der Waals surface area contributed by atoms with Crippen LogP contribution in [0, 0.1) is 5.92 Å². The number of hydrogen-bond donors (Lipinski definition) is 1. The molecule has 2 unspecified atom stereocenters. The van der Waals surface area contributed by atoms with Crippen LogP contribution in [0.5, 0.6) is 0 Å². The molecule has 0 aromatic carbocycles. The lowest BCUT2D eigenvalue weighted by Crippen LogP contribution is -2.38. The maximum Gasteiger partial charge on any atom is 0.0107 e. The average Bonchev–Trinajstić information content (AvgIpc) is 2.99. The fourth-order valence-corrected chi connectivity index (χ4v) is 1.77. The van der Waals surface area contributed by atoms with Crippen LogP contribution in [-0.2, 0) is 0 Å². The van der Waals surface area contributed by atoms with Gasteiger partial charge in [-0.15, -0.1) is 0 Å². The van der Waals surface area contributed by atoms with Gasteiger partial charge in [0.25, 0.3) is 0 Å². The second-order valence-corrected chi connectivity index (χ2v) is 4.82. The van der Waals surface area contributed by atoms with Crippen molar-refractivity contribution in [2.24, 2.45) is 5.92 Å². The first kappa shape index (κ1) is 12.0. The van der Waals surface area contributed by atoms with Gasteiger partial charge in [0.05, 0.1) is 0 Å². The Morgan fingerprint density at radius 1 is 1.36 bits per heavy atom. The Morgan fingerprint density at radius 3 is 2.50 bits per heavy atom. The monoisotopic (exact) mass is 198 g/mol. The zero-order chi connectivity index (χ0) is 10.6. The van der Waals surface area contributed by atoms with Crippen molar-refractivity contribution in [3.05, 3.63) is 0 Å². The second kappa shape index (κ2) is 5.72. The Bertz CT molecular complexity index is 154. The lowest BCUT2D eigenvalue weighted by atomic mass is 10.2. The summed E-state index contributed by atoms with van der Waals surface area (Å²) in [5.74, 6) is 0.989. The predicted octanol–water partition coefficient (Wildman–Crippen LogP) is 2.10. The van der Waals surface area contributed by atoms with Crippen LogP contribution < -0.4 is 5.32 Å². The summed E-state index contributed by atoms with van der Waals surface area (Å²) < 4.78 is 0. The summed E-state index contributed by atoms with van der Waals surface area (Å²) in [6.45, 7) is 9.16. The molecule has 1 aliphatic rings. The predicted molar refractivity (Wildman–Crippen MR) is 62.6 cm³/mol. The Balaban J connectivity index is 2.04. The second-order valence-electron chi connectivity index (χ2n) is 4.82. The summed E-state index contributed by atoms with van der Waals surface area (Å²) in [6, 6.07) is 1.45. The van der Waals surface area contributed by atoms with E-state index in [1.165, 1.54) is 25.8 Å². The molecule has 1 rings (SSSR count). The van der Waals surface area contributed by atoms with Crippen LogP contribution in [0.2, 0.25) is 0 Å². The van der Waals surface area contributed by atoms with Crippen LogP contribution >= 0.6 is 0 Å². The molecule has 2 nitrogen and oxygen atoms in total. The summed E-state index contributed by atoms with van der Waals surface area (Å²) in [5, 5.41) is 3.54. The van der Waals surface area contributed by atoms with Gasteiger partial charge in [-0.25, -0.2) is 0 Å². The Labute approximate surface area is 89.1 Å². The lowest BCUT2D eigenvalue weighted by Gasteiger charge is -2.25. The van der Waals surface area contributed by atoms with E-state index in [4.69, 9.17) is 0 Å². The van der Waals surface area contributed by atoms with Crippen molar-refractivity contribution in [2.45, 2.75) is 52.1 Å². The van der Waals surface area contributed by atoms with Gasteiger partial charge in [-0.3, -0.25) is 0 Å². The van der Waals surface area contributed by atoms with E-state index in [1.807, 2.05) is 0 Å². The van der Waals surface area contributed by atoms with Crippen molar-refractivity contribution in [1.82, 2.24) is 10.2 Å². The van der Waals surface area contributed by atoms with Gasteiger partial charge in [-0.2, -0.15) is 0 Å². The fraction of sp³-hybridized carbons (Fsp3) is 1.00. The minimum atomic E-state index is 0.666. The van der Waals surface area contributed by atoms with Crippen molar-refractivity contribution in [1.29, 1.82) is 0 Å². The zero-order valence-electron chi connectivity index (χ0n) is 10.2. The molecule has 0 aromatic rings. The molecule has 0 amide bonds. The van der Waals surface area contributed by atoms with E-state index < -0.39 is 0 Å². The molecule has 0 saturated heterocycles. The van der Waals surface area contributed by atoms with Gasteiger partial charge in [0, 0.05) is 25.2 Å². The summed E-state index contributed by atoms with van der Waals surface area (Å²) in [7, 11) is 2.25. The van der Waals surface area contributed by atoms with E-state index in [1.54, 1.807) is 0 Å². The van der Waals surface area contributed by atoms with Crippen molar-refractivity contribution < 1.29 is 0 Å². The molecule has 0 heterocycles. The van der Waals surface area contributed by atoms with Gasteiger partial charge in [0.1, 0.15) is 0 Å². The molecule has 0 aliphatic heterocycles.